The second-order valence-electron chi connectivity index (χ2n) is 3.27. The molecule has 1 N–H and O–H groups in total. The predicted molar refractivity (Wildman–Crippen MR) is 65.2 cm³/mol. The van der Waals surface area contributed by atoms with Gasteiger partial charge in [-0.1, -0.05) is 12.1 Å². The first-order valence-electron chi connectivity index (χ1n) is 4.66. The van der Waals surface area contributed by atoms with Gasteiger partial charge in [0.05, 0.1) is 6.20 Å². The zero-order valence-electron chi connectivity index (χ0n) is 8.63. The highest BCUT2D eigenvalue weighted by Crippen LogP contribution is 2.22. The van der Waals surface area contributed by atoms with Gasteiger partial charge < -0.3 is 4.42 Å². The summed E-state index contributed by atoms with van der Waals surface area (Å²) in [5.74, 6) is 0.567. The number of anilines is 1. The molecule has 0 saturated heterocycles. The van der Waals surface area contributed by atoms with Crippen LogP contribution in [0.15, 0.2) is 41.3 Å². The van der Waals surface area contributed by atoms with Crippen molar-refractivity contribution in [3.63, 3.8) is 0 Å². The molecule has 0 unspecified atom stereocenters. The van der Waals surface area contributed by atoms with Gasteiger partial charge >= 0.3 is 0 Å². The van der Waals surface area contributed by atoms with E-state index in [1.165, 1.54) is 6.39 Å². The van der Waals surface area contributed by atoms with E-state index in [1.54, 1.807) is 30.5 Å². The third-order valence-corrected chi connectivity index (χ3v) is 3.69. The van der Waals surface area contributed by atoms with Gasteiger partial charge in [-0.15, -0.1) is 11.6 Å². The van der Waals surface area contributed by atoms with Crippen LogP contribution in [0, 0.1) is 0 Å². The van der Waals surface area contributed by atoms with Gasteiger partial charge in [0.2, 0.25) is 10.0 Å². The van der Waals surface area contributed by atoms with E-state index >= 15 is 0 Å². The number of alkyl halides is 1. The summed E-state index contributed by atoms with van der Waals surface area (Å²) in [7, 11) is -3.49. The lowest BCUT2D eigenvalue weighted by atomic mass is 10.2. The first-order chi connectivity index (χ1) is 8.11. The summed E-state index contributed by atoms with van der Waals surface area (Å²) < 4.78 is 30.0. The van der Waals surface area contributed by atoms with Crippen LogP contribution in [-0.4, -0.2) is 18.6 Å². The molecule has 1 heterocycles. The summed E-state index contributed by atoms with van der Waals surface area (Å²) in [5.41, 5.74) is 1.16. The summed E-state index contributed by atoms with van der Waals surface area (Å²) >= 11 is 5.30. The van der Waals surface area contributed by atoms with Crippen LogP contribution in [0.25, 0.3) is 11.3 Å². The van der Waals surface area contributed by atoms with Gasteiger partial charge in [-0.05, 0) is 12.1 Å². The zero-order chi connectivity index (χ0) is 12.3. The van der Waals surface area contributed by atoms with E-state index in [2.05, 4.69) is 9.71 Å². The highest BCUT2D eigenvalue weighted by Gasteiger charge is 2.09. The van der Waals surface area contributed by atoms with E-state index in [-0.39, 0.29) is 0 Å². The Hall–Kier alpha value is -1.53. The van der Waals surface area contributed by atoms with Crippen molar-refractivity contribution in [2.75, 3.05) is 9.93 Å². The number of benzene rings is 1. The number of hydrogen-bond donors (Lipinski definition) is 1. The number of aromatic nitrogens is 1. The first-order valence-corrected chi connectivity index (χ1v) is 6.85. The summed E-state index contributed by atoms with van der Waals surface area (Å²) in [6.45, 7) is 0. The van der Waals surface area contributed by atoms with E-state index < -0.39 is 15.2 Å². The maximum Gasteiger partial charge on any atom is 0.246 e. The Kier molecular flexibility index (Phi) is 3.35. The Morgan fingerprint density at radius 2 is 2.24 bits per heavy atom. The molecule has 0 radical (unpaired) electrons. The SMILES string of the molecule is O=S(=O)(CCl)Nc1cccc(-c2cnco2)c1. The Bertz CT molecular complexity index is 596. The third kappa shape index (κ3) is 2.98. The minimum absolute atomic E-state index is 0.430. The molecule has 7 heteroatoms. The monoisotopic (exact) mass is 272 g/mol. The number of nitrogens with one attached hydrogen (secondary N) is 1. The summed E-state index contributed by atoms with van der Waals surface area (Å²) in [5, 5.41) is -0.487. The smallest absolute Gasteiger partial charge is 0.246 e. The van der Waals surface area contributed by atoms with Crippen LogP contribution in [0.1, 0.15) is 0 Å². The maximum atomic E-state index is 11.3. The second kappa shape index (κ2) is 4.77. The summed E-state index contributed by atoms with van der Waals surface area (Å²) in [6, 6.07) is 6.78. The number of hydrogen-bond acceptors (Lipinski definition) is 4. The number of oxazole rings is 1. The van der Waals surface area contributed by atoms with Crippen LogP contribution in [0.4, 0.5) is 5.69 Å². The molecule has 2 rings (SSSR count). The van der Waals surface area contributed by atoms with E-state index in [0.29, 0.717) is 11.4 Å². The topological polar surface area (TPSA) is 72.2 Å². The Morgan fingerprint density at radius 3 is 2.88 bits per heavy atom. The number of nitrogens with zero attached hydrogens (tertiary/aromatic N) is 1. The van der Waals surface area contributed by atoms with Gasteiger partial charge in [-0.25, -0.2) is 13.4 Å². The molecule has 0 spiro atoms. The molecule has 0 amide bonds. The van der Waals surface area contributed by atoms with Crippen LogP contribution in [0.5, 0.6) is 0 Å². The summed E-state index contributed by atoms with van der Waals surface area (Å²) in [4.78, 5) is 3.79. The van der Waals surface area contributed by atoms with Gasteiger partial charge in [0, 0.05) is 11.3 Å². The Morgan fingerprint density at radius 1 is 1.41 bits per heavy atom. The number of sulfonamides is 1. The van der Waals surface area contributed by atoms with Gasteiger partial charge in [0.1, 0.15) is 5.21 Å². The highest BCUT2D eigenvalue weighted by molar-refractivity contribution is 7.93. The quantitative estimate of drug-likeness (QED) is 0.867. The van der Waals surface area contributed by atoms with Crippen molar-refractivity contribution < 1.29 is 12.8 Å². The van der Waals surface area contributed by atoms with Crippen molar-refractivity contribution in [2.45, 2.75) is 0 Å². The molecule has 0 atom stereocenters. The van der Waals surface area contributed by atoms with E-state index in [1.807, 2.05) is 0 Å². The molecule has 17 heavy (non-hydrogen) atoms. The summed E-state index contributed by atoms with van der Waals surface area (Å²) in [6.07, 6.45) is 2.86. The molecular formula is C10H9ClN2O3S. The first kappa shape index (κ1) is 11.9. The molecule has 0 aliphatic rings. The molecule has 90 valence electrons. The van der Waals surface area contributed by atoms with Crippen LogP contribution >= 0.6 is 11.6 Å². The molecular weight excluding hydrogens is 264 g/mol. The molecule has 0 bridgehead atoms. The zero-order valence-corrected chi connectivity index (χ0v) is 10.2. The van der Waals surface area contributed by atoms with Crippen molar-refractivity contribution >= 4 is 27.3 Å². The van der Waals surface area contributed by atoms with Gasteiger partial charge in [-0.2, -0.15) is 0 Å². The van der Waals surface area contributed by atoms with E-state index in [9.17, 15) is 8.42 Å². The Balaban J connectivity index is 2.30. The van der Waals surface area contributed by atoms with Crippen molar-refractivity contribution in [1.29, 1.82) is 0 Å². The van der Waals surface area contributed by atoms with E-state index in [4.69, 9.17) is 16.0 Å². The number of halogens is 1. The fourth-order valence-electron chi connectivity index (χ4n) is 1.30. The van der Waals surface area contributed by atoms with E-state index in [0.717, 1.165) is 5.56 Å². The molecule has 0 aliphatic carbocycles. The van der Waals surface area contributed by atoms with Gasteiger partial charge in [-0.3, -0.25) is 4.72 Å². The minimum atomic E-state index is -3.49. The predicted octanol–water partition coefficient (Wildman–Crippen LogP) is 2.28. The standard InChI is InChI=1S/C10H9ClN2O3S/c11-6-17(14,15)13-9-3-1-2-8(4-9)10-5-12-7-16-10/h1-5,7,13H,6H2. The molecule has 5 nitrogen and oxygen atoms in total. The van der Waals surface area contributed by atoms with Gasteiger partial charge in [0.15, 0.2) is 12.2 Å². The molecule has 0 aliphatic heterocycles. The maximum absolute atomic E-state index is 11.3. The lowest BCUT2D eigenvalue weighted by Crippen LogP contribution is -2.13. The largest absolute Gasteiger partial charge is 0.444 e. The Labute approximate surface area is 103 Å². The minimum Gasteiger partial charge on any atom is -0.444 e. The lowest BCUT2D eigenvalue weighted by molar-refractivity contribution is 0.572. The highest BCUT2D eigenvalue weighted by atomic mass is 35.5. The fourth-order valence-corrected chi connectivity index (χ4v) is 2.01. The average Bonchev–Trinajstić information content (AvgIpc) is 2.82. The van der Waals surface area contributed by atoms with Crippen LogP contribution in [-0.2, 0) is 10.0 Å². The third-order valence-electron chi connectivity index (χ3n) is 2.00. The molecule has 0 saturated carbocycles. The van der Waals surface area contributed by atoms with Gasteiger partial charge in [0.25, 0.3) is 0 Å². The van der Waals surface area contributed by atoms with Crippen molar-refractivity contribution in [3.05, 3.63) is 36.9 Å². The molecule has 1 aromatic carbocycles. The average molecular weight is 273 g/mol. The van der Waals surface area contributed by atoms with Crippen molar-refractivity contribution in [1.82, 2.24) is 4.98 Å². The van der Waals surface area contributed by atoms with Crippen molar-refractivity contribution in [2.24, 2.45) is 0 Å². The molecule has 0 fully saturated rings. The second-order valence-corrected chi connectivity index (χ2v) is 5.58. The molecule has 1 aromatic heterocycles. The number of rotatable bonds is 4. The van der Waals surface area contributed by atoms with Crippen LogP contribution in [0.2, 0.25) is 0 Å². The van der Waals surface area contributed by atoms with Crippen LogP contribution < -0.4 is 4.72 Å². The lowest BCUT2D eigenvalue weighted by Gasteiger charge is -2.06. The molecule has 2 aromatic rings. The van der Waals surface area contributed by atoms with Crippen molar-refractivity contribution in [3.8, 4) is 11.3 Å². The fraction of sp³-hybridized carbons (Fsp3) is 0.100. The normalized spacial score (nSPS) is 11.4. The van der Waals surface area contributed by atoms with Crippen LogP contribution in [0.3, 0.4) is 0 Å².